The van der Waals surface area contributed by atoms with Crippen LogP contribution in [0.25, 0.3) is 5.57 Å². The minimum Gasteiger partial charge on any atom is -0.366 e. The Kier molecular flexibility index (Phi) is 5.45. The Hall–Kier alpha value is -2.88. The van der Waals surface area contributed by atoms with Gasteiger partial charge in [0.1, 0.15) is 0 Å². The summed E-state index contributed by atoms with van der Waals surface area (Å²) >= 11 is 0. The van der Waals surface area contributed by atoms with E-state index in [0.717, 1.165) is 11.1 Å². The largest absolute Gasteiger partial charge is 0.366 e. The molecular formula is C23H27N3O. The van der Waals surface area contributed by atoms with Crippen LogP contribution in [-0.2, 0) is 11.2 Å². The Morgan fingerprint density at radius 1 is 1.19 bits per heavy atom. The van der Waals surface area contributed by atoms with E-state index in [1.54, 1.807) is 6.21 Å². The number of anilines is 1. The van der Waals surface area contributed by atoms with Gasteiger partial charge in [0.15, 0.2) is 0 Å². The molecule has 0 aliphatic carbocycles. The van der Waals surface area contributed by atoms with E-state index in [1.165, 1.54) is 16.8 Å². The van der Waals surface area contributed by atoms with Crippen LogP contribution in [0.15, 0.2) is 59.7 Å². The Balaban J connectivity index is 1.61. The molecule has 0 radical (unpaired) electrons. The van der Waals surface area contributed by atoms with E-state index >= 15 is 0 Å². The van der Waals surface area contributed by atoms with E-state index < -0.39 is 0 Å². The molecule has 4 heteroatoms. The standard InChI is InChI=1S/C23H27N3O/c1-17-15-23(2,3)26(4)21-12-10-19(14-20(17)21)16-24-25-22(27)13-11-18-8-6-5-7-9-18/h5-10,12,14-16H,11,13H2,1-4H3,(H,25,27)/b24-16+. The van der Waals surface area contributed by atoms with Gasteiger partial charge in [-0.15, -0.1) is 0 Å². The Morgan fingerprint density at radius 2 is 1.93 bits per heavy atom. The summed E-state index contributed by atoms with van der Waals surface area (Å²) in [7, 11) is 2.11. The van der Waals surface area contributed by atoms with Gasteiger partial charge in [-0.1, -0.05) is 42.5 Å². The van der Waals surface area contributed by atoms with Crippen LogP contribution in [0.3, 0.4) is 0 Å². The van der Waals surface area contributed by atoms with E-state index in [1.807, 2.05) is 36.4 Å². The molecule has 140 valence electrons. The summed E-state index contributed by atoms with van der Waals surface area (Å²) in [6.45, 7) is 6.55. The molecule has 0 fully saturated rings. The van der Waals surface area contributed by atoms with Crippen LogP contribution >= 0.6 is 0 Å². The van der Waals surface area contributed by atoms with E-state index in [9.17, 15) is 4.79 Å². The molecule has 0 aromatic heterocycles. The first-order valence-corrected chi connectivity index (χ1v) is 9.30. The van der Waals surface area contributed by atoms with Crippen LogP contribution in [0, 0.1) is 0 Å². The lowest BCUT2D eigenvalue weighted by Crippen LogP contribution is -2.42. The van der Waals surface area contributed by atoms with Gasteiger partial charge in [-0.3, -0.25) is 4.79 Å². The number of nitrogens with zero attached hydrogens (tertiary/aromatic N) is 2. The predicted molar refractivity (Wildman–Crippen MR) is 113 cm³/mol. The van der Waals surface area contributed by atoms with Crippen LogP contribution in [-0.4, -0.2) is 24.7 Å². The third kappa shape index (κ3) is 4.45. The van der Waals surface area contributed by atoms with Gasteiger partial charge in [0.2, 0.25) is 5.91 Å². The van der Waals surface area contributed by atoms with Crippen molar-refractivity contribution in [3.05, 3.63) is 71.3 Å². The Labute approximate surface area is 161 Å². The number of hydrogen-bond acceptors (Lipinski definition) is 3. The molecule has 0 spiro atoms. The van der Waals surface area contributed by atoms with E-state index in [0.29, 0.717) is 12.8 Å². The molecule has 1 N–H and O–H groups in total. The van der Waals surface area contributed by atoms with Crippen molar-refractivity contribution in [2.75, 3.05) is 11.9 Å². The van der Waals surface area contributed by atoms with Gasteiger partial charge in [0, 0.05) is 24.7 Å². The number of likely N-dealkylation sites (N-methyl/N-ethyl adjacent to an activating group) is 1. The molecule has 0 atom stereocenters. The lowest BCUT2D eigenvalue weighted by molar-refractivity contribution is -0.121. The van der Waals surface area contributed by atoms with Crippen molar-refractivity contribution < 1.29 is 4.79 Å². The van der Waals surface area contributed by atoms with Crippen LogP contribution in [0.2, 0.25) is 0 Å². The van der Waals surface area contributed by atoms with Crippen molar-refractivity contribution in [1.82, 2.24) is 5.43 Å². The molecule has 4 nitrogen and oxygen atoms in total. The Bertz CT molecular complexity index is 882. The fourth-order valence-corrected chi connectivity index (χ4v) is 3.39. The fraction of sp³-hybridized carbons (Fsp3) is 0.304. The van der Waals surface area contributed by atoms with Crippen LogP contribution in [0.1, 0.15) is 43.9 Å². The number of carbonyl (C=O) groups excluding carboxylic acids is 1. The molecule has 1 amide bonds. The first-order valence-electron chi connectivity index (χ1n) is 9.30. The average molecular weight is 361 g/mol. The second kappa shape index (κ2) is 7.78. The zero-order valence-electron chi connectivity index (χ0n) is 16.5. The van der Waals surface area contributed by atoms with Crippen molar-refractivity contribution in [2.24, 2.45) is 5.10 Å². The summed E-state index contributed by atoms with van der Waals surface area (Å²) < 4.78 is 0. The Morgan fingerprint density at radius 3 is 2.67 bits per heavy atom. The SMILES string of the molecule is CC1=CC(C)(C)N(C)c2ccc(/C=N/NC(=O)CCc3ccccc3)cc21. The molecule has 0 saturated carbocycles. The molecule has 1 aliphatic heterocycles. The molecule has 0 bridgehead atoms. The van der Waals surface area contributed by atoms with Gasteiger partial charge in [-0.25, -0.2) is 5.43 Å². The highest BCUT2D eigenvalue weighted by Gasteiger charge is 2.28. The van der Waals surface area contributed by atoms with Crippen LogP contribution < -0.4 is 10.3 Å². The van der Waals surface area contributed by atoms with Gasteiger partial charge >= 0.3 is 0 Å². The number of hydrazone groups is 1. The maximum atomic E-state index is 12.0. The lowest BCUT2D eigenvalue weighted by atomic mass is 9.89. The highest BCUT2D eigenvalue weighted by molar-refractivity contribution is 5.88. The van der Waals surface area contributed by atoms with Gasteiger partial charge in [0.05, 0.1) is 11.8 Å². The molecule has 3 rings (SSSR count). The topological polar surface area (TPSA) is 44.7 Å². The molecule has 1 aliphatic rings. The molecule has 2 aromatic rings. The van der Waals surface area contributed by atoms with Gasteiger partial charge in [-0.05, 0) is 56.0 Å². The summed E-state index contributed by atoms with van der Waals surface area (Å²) in [6.07, 6.45) is 5.12. The number of amides is 1. The maximum Gasteiger partial charge on any atom is 0.240 e. The highest BCUT2D eigenvalue weighted by atomic mass is 16.2. The van der Waals surface area contributed by atoms with Crippen LogP contribution in [0.5, 0.6) is 0 Å². The number of hydrogen-bond donors (Lipinski definition) is 1. The zero-order chi connectivity index (χ0) is 19.4. The molecule has 2 aromatic carbocycles. The number of aryl methyl sites for hydroxylation is 1. The van der Waals surface area contributed by atoms with Crippen molar-refractivity contribution in [1.29, 1.82) is 0 Å². The predicted octanol–water partition coefficient (Wildman–Crippen LogP) is 4.40. The van der Waals surface area contributed by atoms with Crippen molar-refractivity contribution in [3.8, 4) is 0 Å². The summed E-state index contributed by atoms with van der Waals surface area (Å²) in [5, 5.41) is 4.12. The van der Waals surface area contributed by atoms with Gasteiger partial charge in [-0.2, -0.15) is 5.10 Å². The fourth-order valence-electron chi connectivity index (χ4n) is 3.39. The summed E-state index contributed by atoms with van der Waals surface area (Å²) in [5.74, 6) is -0.0781. The van der Waals surface area contributed by atoms with E-state index in [2.05, 4.69) is 61.5 Å². The van der Waals surface area contributed by atoms with Crippen molar-refractivity contribution >= 4 is 23.4 Å². The number of carbonyl (C=O) groups is 1. The number of nitrogens with one attached hydrogen (secondary N) is 1. The minimum absolute atomic E-state index is 0.000578. The van der Waals surface area contributed by atoms with E-state index in [-0.39, 0.29) is 11.4 Å². The number of rotatable bonds is 5. The smallest absolute Gasteiger partial charge is 0.240 e. The lowest BCUT2D eigenvalue weighted by Gasteiger charge is -2.40. The maximum absolute atomic E-state index is 12.0. The molecule has 1 heterocycles. The third-order valence-electron chi connectivity index (χ3n) is 5.13. The summed E-state index contributed by atoms with van der Waals surface area (Å²) in [4.78, 5) is 14.2. The zero-order valence-corrected chi connectivity index (χ0v) is 16.5. The number of fused-ring (bicyclic) bond motifs is 1. The van der Waals surface area contributed by atoms with Gasteiger partial charge in [0.25, 0.3) is 0 Å². The summed E-state index contributed by atoms with van der Waals surface area (Å²) in [5.41, 5.74) is 8.42. The average Bonchev–Trinajstić information content (AvgIpc) is 2.65. The highest BCUT2D eigenvalue weighted by Crippen LogP contribution is 2.37. The van der Waals surface area contributed by atoms with Crippen molar-refractivity contribution in [2.45, 2.75) is 39.2 Å². The summed E-state index contributed by atoms with van der Waals surface area (Å²) in [6, 6.07) is 16.3. The van der Waals surface area contributed by atoms with E-state index in [4.69, 9.17) is 0 Å². The first kappa shape index (κ1) is 18.9. The van der Waals surface area contributed by atoms with Crippen LogP contribution in [0.4, 0.5) is 5.69 Å². The third-order valence-corrected chi connectivity index (χ3v) is 5.13. The minimum atomic E-state index is -0.0781. The van der Waals surface area contributed by atoms with Gasteiger partial charge < -0.3 is 4.90 Å². The monoisotopic (exact) mass is 361 g/mol. The second-order valence-electron chi connectivity index (χ2n) is 7.60. The quantitative estimate of drug-likeness (QED) is 0.634. The molecule has 27 heavy (non-hydrogen) atoms. The number of benzene rings is 2. The molecule has 0 unspecified atom stereocenters. The normalized spacial score (nSPS) is 15.4. The first-order chi connectivity index (χ1) is 12.9. The van der Waals surface area contributed by atoms with Crippen molar-refractivity contribution in [3.63, 3.8) is 0 Å². The number of allylic oxidation sites excluding steroid dienone is 1. The second-order valence-corrected chi connectivity index (χ2v) is 7.60. The molecular weight excluding hydrogens is 334 g/mol. The molecule has 0 saturated heterocycles.